The van der Waals surface area contributed by atoms with Gasteiger partial charge < -0.3 is 10.6 Å². The second-order valence-electron chi connectivity index (χ2n) is 4.31. The number of hydrogen-bond donors (Lipinski definition) is 1. The summed E-state index contributed by atoms with van der Waals surface area (Å²) in [6, 6.07) is 3.33. The van der Waals surface area contributed by atoms with Crippen LogP contribution in [0.2, 0.25) is 5.15 Å². The van der Waals surface area contributed by atoms with Crippen molar-refractivity contribution in [3.63, 3.8) is 0 Å². The summed E-state index contributed by atoms with van der Waals surface area (Å²) in [7, 11) is 0. The average molecular weight is 268 g/mol. The van der Waals surface area contributed by atoms with Gasteiger partial charge in [0.15, 0.2) is 0 Å². The van der Waals surface area contributed by atoms with Gasteiger partial charge in [0.2, 0.25) is 5.91 Å². The van der Waals surface area contributed by atoms with Crippen molar-refractivity contribution in [2.45, 2.75) is 12.8 Å². The summed E-state index contributed by atoms with van der Waals surface area (Å²) in [5, 5.41) is 0.208. The molecule has 96 valence electrons. The van der Waals surface area contributed by atoms with E-state index in [1.807, 2.05) is 0 Å². The van der Waals surface area contributed by atoms with Gasteiger partial charge in [-0.2, -0.15) is 0 Å². The molecular weight excluding hydrogens is 254 g/mol. The number of nitrogens with two attached hydrogens (primary N) is 1. The standard InChI is InChI=1S/C12H14ClN3O2/c13-10-9(2-1-5-15-10)12(18)16-6-3-8(4-7-16)11(14)17/h1-2,5,8H,3-4,6-7H2,(H2,14,17). The monoisotopic (exact) mass is 267 g/mol. The fourth-order valence-corrected chi connectivity index (χ4v) is 2.28. The predicted octanol–water partition coefficient (Wildman–Crippen LogP) is 1.07. The topological polar surface area (TPSA) is 76.3 Å². The molecule has 2 N–H and O–H groups in total. The first kappa shape index (κ1) is 12.8. The second-order valence-corrected chi connectivity index (χ2v) is 4.67. The zero-order valence-electron chi connectivity index (χ0n) is 9.80. The molecule has 0 bridgehead atoms. The summed E-state index contributed by atoms with van der Waals surface area (Å²) in [5.74, 6) is -0.559. The van der Waals surface area contributed by atoms with Crippen LogP contribution in [-0.2, 0) is 4.79 Å². The molecular formula is C12H14ClN3O2. The van der Waals surface area contributed by atoms with Crippen molar-refractivity contribution >= 4 is 23.4 Å². The number of nitrogens with zero attached hydrogens (tertiary/aromatic N) is 2. The lowest BCUT2D eigenvalue weighted by Crippen LogP contribution is -2.41. The molecule has 1 aromatic heterocycles. The van der Waals surface area contributed by atoms with Gasteiger partial charge in [0.25, 0.3) is 5.91 Å². The molecule has 1 aliphatic rings. The highest BCUT2D eigenvalue weighted by Crippen LogP contribution is 2.20. The van der Waals surface area contributed by atoms with Crippen LogP contribution in [0, 0.1) is 5.92 Å². The van der Waals surface area contributed by atoms with Gasteiger partial charge in [0.05, 0.1) is 5.56 Å². The van der Waals surface area contributed by atoms with Gasteiger partial charge in [-0.25, -0.2) is 4.98 Å². The Kier molecular flexibility index (Phi) is 3.81. The van der Waals surface area contributed by atoms with E-state index in [1.54, 1.807) is 23.2 Å². The summed E-state index contributed by atoms with van der Waals surface area (Å²) >= 11 is 5.88. The number of primary amides is 1. The summed E-state index contributed by atoms with van der Waals surface area (Å²) in [4.78, 5) is 28.8. The molecule has 0 aliphatic carbocycles. The first-order valence-electron chi connectivity index (χ1n) is 5.78. The Morgan fingerprint density at radius 2 is 2.06 bits per heavy atom. The van der Waals surface area contributed by atoms with Crippen LogP contribution in [-0.4, -0.2) is 34.8 Å². The third-order valence-electron chi connectivity index (χ3n) is 3.17. The molecule has 0 radical (unpaired) electrons. The Hall–Kier alpha value is -1.62. The number of likely N-dealkylation sites (tertiary alicyclic amines) is 1. The van der Waals surface area contributed by atoms with Gasteiger partial charge in [-0.15, -0.1) is 0 Å². The summed E-state index contributed by atoms with van der Waals surface area (Å²) in [6.07, 6.45) is 2.76. The van der Waals surface area contributed by atoms with E-state index in [2.05, 4.69) is 4.98 Å². The maximum Gasteiger partial charge on any atom is 0.256 e. The van der Waals surface area contributed by atoms with Crippen molar-refractivity contribution in [3.05, 3.63) is 29.0 Å². The second kappa shape index (κ2) is 5.35. The number of carbonyl (C=O) groups excluding carboxylic acids is 2. The van der Waals surface area contributed by atoms with Crippen LogP contribution in [0.25, 0.3) is 0 Å². The molecule has 1 fully saturated rings. The molecule has 0 atom stereocenters. The Morgan fingerprint density at radius 1 is 1.39 bits per heavy atom. The maximum atomic E-state index is 12.2. The van der Waals surface area contributed by atoms with Crippen LogP contribution in [0.5, 0.6) is 0 Å². The van der Waals surface area contributed by atoms with E-state index in [4.69, 9.17) is 17.3 Å². The van der Waals surface area contributed by atoms with Crippen LogP contribution >= 0.6 is 11.6 Å². The SMILES string of the molecule is NC(=O)C1CCN(C(=O)c2cccnc2Cl)CC1. The van der Waals surface area contributed by atoms with Crippen molar-refractivity contribution in [3.8, 4) is 0 Å². The van der Waals surface area contributed by atoms with E-state index >= 15 is 0 Å². The third kappa shape index (κ3) is 2.61. The number of pyridine rings is 1. The minimum atomic E-state index is -0.290. The molecule has 6 heteroatoms. The average Bonchev–Trinajstić information content (AvgIpc) is 2.38. The van der Waals surface area contributed by atoms with Gasteiger partial charge in [-0.1, -0.05) is 11.6 Å². The van der Waals surface area contributed by atoms with E-state index in [0.29, 0.717) is 31.5 Å². The molecule has 2 heterocycles. The van der Waals surface area contributed by atoms with E-state index in [9.17, 15) is 9.59 Å². The molecule has 5 nitrogen and oxygen atoms in total. The molecule has 2 rings (SSSR count). The zero-order valence-corrected chi connectivity index (χ0v) is 10.6. The predicted molar refractivity (Wildman–Crippen MR) is 67.1 cm³/mol. The maximum absolute atomic E-state index is 12.2. The number of hydrogen-bond acceptors (Lipinski definition) is 3. The van der Waals surface area contributed by atoms with Gasteiger partial charge >= 0.3 is 0 Å². The highest BCUT2D eigenvalue weighted by molar-refractivity contribution is 6.32. The van der Waals surface area contributed by atoms with Crippen molar-refractivity contribution in [1.82, 2.24) is 9.88 Å². The summed E-state index contributed by atoms with van der Waals surface area (Å²) < 4.78 is 0. The normalized spacial score (nSPS) is 16.6. The van der Waals surface area contributed by atoms with Gasteiger partial charge in [-0.3, -0.25) is 9.59 Å². The molecule has 1 aliphatic heterocycles. The van der Waals surface area contributed by atoms with Crippen LogP contribution in [0.15, 0.2) is 18.3 Å². The number of aromatic nitrogens is 1. The number of rotatable bonds is 2. The minimum Gasteiger partial charge on any atom is -0.369 e. The highest BCUT2D eigenvalue weighted by atomic mass is 35.5. The van der Waals surface area contributed by atoms with Crippen molar-refractivity contribution < 1.29 is 9.59 Å². The first-order valence-corrected chi connectivity index (χ1v) is 6.16. The van der Waals surface area contributed by atoms with E-state index in [-0.39, 0.29) is 22.9 Å². The molecule has 0 saturated carbocycles. The van der Waals surface area contributed by atoms with Crippen molar-refractivity contribution in [2.24, 2.45) is 11.7 Å². The van der Waals surface area contributed by atoms with Gasteiger partial charge in [0.1, 0.15) is 5.15 Å². The number of piperidine rings is 1. The van der Waals surface area contributed by atoms with Crippen molar-refractivity contribution in [2.75, 3.05) is 13.1 Å². The molecule has 0 aromatic carbocycles. The fourth-order valence-electron chi connectivity index (χ4n) is 2.08. The van der Waals surface area contributed by atoms with E-state index in [0.717, 1.165) is 0 Å². The van der Waals surface area contributed by atoms with E-state index in [1.165, 1.54) is 0 Å². The molecule has 2 amide bonds. The van der Waals surface area contributed by atoms with Gasteiger partial charge in [0, 0.05) is 25.2 Å². The van der Waals surface area contributed by atoms with Crippen LogP contribution in [0.1, 0.15) is 23.2 Å². The third-order valence-corrected chi connectivity index (χ3v) is 3.48. The molecule has 0 unspecified atom stereocenters. The lowest BCUT2D eigenvalue weighted by atomic mass is 9.96. The van der Waals surface area contributed by atoms with Crippen LogP contribution < -0.4 is 5.73 Å². The largest absolute Gasteiger partial charge is 0.369 e. The van der Waals surface area contributed by atoms with Crippen LogP contribution in [0.4, 0.5) is 0 Å². The van der Waals surface area contributed by atoms with Crippen molar-refractivity contribution in [1.29, 1.82) is 0 Å². The highest BCUT2D eigenvalue weighted by Gasteiger charge is 2.27. The quantitative estimate of drug-likeness (QED) is 0.815. The summed E-state index contributed by atoms with van der Waals surface area (Å²) in [5.41, 5.74) is 5.65. The summed E-state index contributed by atoms with van der Waals surface area (Å²) in [6.45, 7) is 1.05. The molecule has 0 spiro atoms. The number of amides is 2. The minimum absolute atomic E-state index is 0.126. The Morgan fingerprint density at radius 3 is 2.61 bits per heavy atom. The molecule has 18 heavy (non-hydrogen) atoms. The lowest BCUT2D eigenvalue weighted by Gasteiger charge is -2.30. The Labute approximate surface area is 110 Å². The fraction of sp³-hybridized carbons (Fsp3) is 0.417. The first-order chi connectivity index (χ1) is 8.59. The smallest absolute Gasteiger partial charge is 0.256 e. The Balaban J connectivity index is 2.04. The number of carbonyl (C=O) groups is 2. The van der Waals surface area contributed by atoms with Gasteiger partial charge in [-0.05, 0) is 25.0 Å². The number of halogens is 1. The van der Waals surface area contributed by atoms with Crippen LogP contribution in [0.3, 0.4) is 0 Å². The molecule has 1 aromatic rings. The lowest BCUT2D eigenvalue weighted by molar-refractivity contribution is -0.123. The van der Waals surface area contributed by atoms with E-state index < -0.39 is 0 Å². The Bertz CT molecular complexity index is 470. The zero-order chi connectivity index (χ0) is 13.1. The molecule has 1 saturated heterocycles.